The molecule has 8 heteroatoms. The first-order valence-electron chi connectivity index (χ1n) is 8.74. The monoisotopic (exact) mass is 357 g/mol. The number of carbonyl (C=O) groups excluding carboxylic acids is 3. The minimum Gasteiger partial charge on any atom is -0.460 e. The molecule has 0 aromatic heterocycles. The number of nitrogens with two attached hydrogens (primary N) is 1. The van der Waals surface area contributed by atoms with E-state index in [0.717, 1.165) is 0 Å². The molecule has 0 saturated carbocycles. The molecule has 1 heterocycles. The first kappa shape index (κ1) is 21.2. The lowest BCUT2D eigenvalue weighted by Gasteiger charge is -2.40. The first-order valence-corrected chi connectivity index (χ1v) is 8.74. The van der Waals surface area contributed by atoms with E-state index < -0.39 is 11.6 Å². The molecule has 8 nitrogen and oxygen atoms in total. The van der Waals surface area contributed by atoms with Gasteiger partial charge in [-0.1, -0.05) is 0 Å². The summed E-state index contributed by atoms with van der Waals surface area (Å²) in [6, 6.07) is -0.914. The molecule has 0 unspecified atom stereocenters. The van der Waals surface area contributed by atoms with Gasteiger partial charge in [-0.05, 0) is 41.0 Å². The van der Waals surface area contributed by atoms with Gasteiger partial charge < -0.3 is 25.0 Å². The maximum atomic E-state index is 12.5. The van der Waals surface area contributed by atoms with Crippen molar-refractivity contribution in [2.75, 3.05) is 26.2 Å². The smallest absolute Gasteiger partial charge is 0.409 e. The summed E-state index contributed by atoms with van der Waals surface area (Å²) in [4.78, 5) is 39.3. The molecule has 0 radical (unpaired) electrons. The van der Waals surface area contributed by atoms with Crippen LogP contribution in [0.25, 0.3) is 0 Å². The SMILES string of the molecule is CCOC(=O)N1CCN(C(=O)[C@@H](N)CCC(=O)OC(C)(C)C)[C@@H](C)C1. The molecule has 0 spiro atoms. The number of ether oxygens (including phenoxy) is 2. The predicted molar refractivity (Wildman–Crippen MR) is 92.8 cm³/mol. The quantitative estimate of drug-likeness (QED) is 0.740. The minimum absolute atomic E-state index is 0.0986. The van der Waals surface area contributed by atoms with E-state index in [-0.39, 0.29) is 36.9 Å². The summed E-state index contributed by atoms with van der Waals surface area (Å²) < 4.78 is 10.2. The highest BCUT2D eigenvalue weighted by molar-refractivity contribution is 5.83. The Balaban J connectivity index is 2.48. The lowest BCUT2D eigenvalue weighted by atomic mass is 10.1. The van der Waals surface area contributed by atoms with Gasteiger partial charge in [-0.3, -0.25) is 9.59 Å². The molecule has 144 valence electrons. The normalized spacial score (nSPS) is 19.4. The van der Waals surface area contributed by atoms with Crippen LogP contribution in [0.1, 0.15) is 47.5 Å². The van der Waals surface area contributed by atoms with E-state index in [1.54, 1.807) is 37.5 Å². The lowest BCUT2D eigenvalue weighted by Crippen LogP contribution is -2.58. The third-order valence-electron chi connectivity index (χ3n) is 3.83. The van der Waals surface area contributed by atoms with Gasteiger partial charge in [0.15, 0.2) is 0 Å². The molecule has 1 rings (SSSR count). The maximum Gasteiger partial charge on any atom is 0.409 e. The van der Waals surface area contributed by atoms with Crippen molar-refractivity contribution in [1.82, 2.24) is 9.80 Å². The standard InChI is InChI=1S/C17H31N3O5/c1-6-24-16(23)19-9-10-20(12(2)11-19)15(22)13(18)7-8-14(21)25-17(3,4)5/h12-13H,6-11,18H2,1-5H3/t12-,13-/m0/s1. The second-order valence-corrected chi connectivity index (χ2v) is 7.26. The molecule has 0 aliphatic carbocycles. The lowest BCUT2D eigenvalue weighted by molar-refractivity contribution is -0.155. The van der Waals surface area contributed by atoms with Crippen molar-refractivity contribution in [3.05, 3.63) is 0 Å². The summed E-state index contributed by atoms with van der Waals surface area (Å²) in [5.74, 6) is -0.574. The Labute approximate surface area is 149 Å². The van der Waals surface area contributed by atoms with Crippen molar-refractivity contribution in [2.45, 2.75) is 65.1 Å². The third-order valence-corrected chi connectivity index (χ3v) is 3.83. The van der Waals surface area contributed by atoms with Crippen LogP contribution in [0.15, 0.2) is 0 Å². The molecule has 2 atom stereocenters. The molecule has 1 saturated heterocycles. The summed E-state index contributed by atoms with van der Waals surface area (Å²) in [6.07, 6.45) is -0.0319. The van der Waals surface area contributed by atoms with Gasteiger partial charge in [-0.2, -0.15) is 0 Å². The van der Waals surface area contributed by atoms with Gasteiger partial charge in [0.25, 0.3) is 0 Å². The third kappa shape index (κ3) is 6.89. The van der Waals surface area contributed by atoms with Crippen LogP contribution in [0.5, 0.6) is 0 Å². The molecule has 1 aliphatic heterocycles. The largest absolute Gasteiger partial charge is 0.460 e. The van der Waals surface area contributed by atoms with Crippen LogP contribution in [0.4, 0.5) is 4.79 Å². The number of piperazine rings is 1. The van der Waals surface area contributed by atoms with Crippen LogP contribution in [0.3, 0.4) is 0 Å². The van der Waals surface area contributed by atoms with E-state index in [1.807, 2.05) is 6.92 Å². The van der Waals surface area contributed by atoms with Crippen LogP contribution in [0, 0.1) is 0 Å². The van der Waals surface area contributed by atoms with E-state index in [4.69, 9.17) is 15.2 Å². The molecule has 2 N–H and O–H groups in total. The van der Waals surface area contributed by atoms with Gasteiger partial charge in [-0.25, -0.2) is 4.79 Å². The Morgan fingerprint density at radius 2 is 1.88 bits per heavy atom. The molecule has 2 amide bonds. The van der Waals surface area contributed by atoms with Gasteiger partial charge in [-0.15, -0.1) is 0 Å². The van der Waals surface area contributed by atoms with E-state index in [0.29, 0.717) is 26.2 Å². The fraction of sp³-hybridized carbons (Fsp3) is 0.824. The fourth-order valence-electron chi connectivity index (χ4n) is 2.67. The van der Waals surface area contributed by atoms with Gasteiger partial charge >= 0.3 is 12.1 Å². The van der Waals surface area contributed by atoms with Gasteiger partial charge in [0.1, 0.15) is 5.60 Å². The number of hydrogen-bond donors (Lipinski definition) is 1. The highest BCUT2D eigenvalue weighted by Crippen LogP contribution is 2.14. The average molecular weight is 357 g/mol. The molecule has 25 heavy (non-hydrogen) atoms. The van der Waals surface area contributed by atoms with Gasteiger partial charge in [0, 0.05) is 32.1 Å². The first-order chi connectivity index (χ1) is 11.5. The van der Waals surface area contributed by atoms with Crippen LogP contribution in [0.2, 0.25) is 0 Å². The van der Waals surface area contributed by atoms with E-state index in [2.05, 4.69) is 0 Å². The highest BCUT2D eigenvalue weighted by atomic mass is 16.6. The summed E-state index contributed by atoms with van der Waals surface area (Å²) in [5, 5.41) is 0. The second-order valence-electron chi connectivity index (χ2n) is 7.26. The molecule has 0 aromatic carbocycles. The molecule has 1 aliphatic rings. The molecule has 0 bridgehead atoms. The minimum atomic E-state index is -0.760. The van der Waals surface area contributed by atoms with Crippen molar-refractivity contribution >= 4 is 18.0 Å². The summed E-state index contributed by atoms with van der Waals surface area (Å²) >= 11 is 0. The van der Waals surface area contributed by atoms with E-state index in [1.165, 1.54) is 0 Å². The Morgan fingerprint density at radius 3 is 2.40 bits per heavy atom. The highest BCUT2D eigenvalue weighted by Gasteiger charge is 2.32. The number of nitrogens with zero attached hydrogens (tertiary/aromatic N) is 2. The van der Waals surface area contributed by atoms with Crippen LogP contribution in [-0.2, 0) is 19.1 Å². The topological polar surface area (TPSA) is 102 Å². The molecular formula is C17H31N3O5. The summed E-state index contributed by atoms with van der Waals surface area (Å²) in [7, 11) is 0. The number of hydrogen-bond acceptors (Lipinski definition) is 6. The predicted octanol–water partition coefficient (Wildman–Crippen LogP) is 1.12. The Kier molecular flexibility index (Phi) is 7.66. The van der Waals surface area contributed by atoms with Gasteiger partial charge in [0.05, 0.1) is 12.6 Å². The van der Waals surface area contributed by atoms with Crippen molar-refractivity contribution in [1.29, 1.82) is 0 Å². The number of carbonyl (C=O) groups is 3. The Morgan fingerprint density at radius 1 is 1.24 bits per heavy atom. The zero-order valence-electron chi connectivity index (χ0n) is 15.9. The van der Waals surface area contributed by atoms with Crippen LogP contribution >= 0.6 is 0 Å². The maximum absolute atomic E-state index is 12.5. The second kappa shape index (κ2) is 9.03. The molecule has 1 fully saturated rings. The van der Waals surface area contributed by atoms with Crippen molar-refractivity contribution in [3.63, 3.8) is 0 Å². The molecular weight excluding hydrogens is 326 g/mol. The van der Waals surface area contributed by atoms with Crippen LogP contribution in [-0.4, -0.2) is 71.7 Å². The van der Waals surface area contributed by atoms with Crippen molar-refractivity contribution < 1.29 is 23.9 Å². The van der Waals surface area contributed by atoms with E-state index in [9.17, 15) is 14.4 Å². The Bertz CT molecular complexity index is 489. The van der Waals surface area contributed by atoms with Crippen molar-refractivity contribution in [2.24, 2.45) is 5.73 Å². The zero-order valence-corrected chi connectivity index (χ0v) is 15.9. The summed E-state index contributed by atoms with van der Waals surface area (Å²) in [5.41, 5.74) is 5.41. The number of amides is 2. The molecule has 0 aromatic rings. The zero-order chi connectivity index (χ0) is 19.2. The number of esters is 1. The average Bonchev–Trinajstić information content (AvgIpc) is 2.50. The van der Waals surface area contributed by atoms with E-state index >= 15 is 0 Å². The Hall–Kier alpha value is -1.83. The summed E-state index contributed by atoms with van der Waals surface area (Å²) in [6.45, 7) is 10.5. The van der Waals surface area contributed by atoms with Crippen molar-refractivity contribution in [3.8, 4) is 0 Å². The number of rotatable bonds is 5. The van der Waals surface area contributed by atoms with Gasteiger partial charge in [0.2, 0.25) is 5.91 Å². The fourth-order valence-corrected chi connectivity index (χ4v) is 2.67. The van der Waals surface area contributed by atoms with Crippen LogP contribution < -0.4 is 5.73 Å².